The molecule has 0 spiro atoms. The summed E-state index contributed by atoms with van der Waals surface area (Å²) in [7, 11) is 0. The van der Waals surface area contributed by atoms with Crippen molar-refractivity contribution in [2.45, 2.75) is 18.8 Å². The first kappa shape index (κ1) is 11.0. The third kappa shape index (κ3) is 2.24. The van der Waals surface area contributed by atoms with Crippen molar-refractivity contribution < 1.29 is 13.2 Å². The average molecular weight is 204 g/mol. The predicted octanol–water partition coefficient (Wildman–Crippen LogP) is 1.71. The van der Waals surface area contributed by atoms with Gasteiger partial charge in [0.1, 0.15) is 6.04 Å². The molecule has 0 aliphatic heterocycles. The zero-order chi connectivity index (χ0) is 10.8. The number of alkyl halides is 3. The van der Waals surface area contributed by atoms with Gasteiger partial charge in [-0.3, -0.25) is 0 Å². The molecule has 1 atom stereocenters. The van der Waals surface area contributed by atoms with Crippen molar-refractivity contribution in [1.29, 1.82) is 0 Å². The summed E-state index contributed by atoms with van der Waals surface area (Å²) in [5.74, 6) is 0. The van der Waals surface area contributed by atoms with Crippen molar-refractivity contribution in [1.82, 2.24) is 0 Å². The number of benzene rings is 1. The lowest BCUT2D eigenvalue weighted by Gasteiger charge is -2.18. The Morgan fingerprint density at radius 1 is 1.21 bits per heavy atom. The van der Waals surface area contributed by atoms with Crippen LogP contribution in [0.3, 0.4) is 0 Å². The second kappa shape index (κ2) is 3.98. The van der Waals surface area contributed by atoms with Gasteiger partial charge in [0.25, 0.3) is 0 Å². The maximum Gasteiger partial charge on any atom is 0.407 e. The molecule has 2 nitrogen and oxygen atoms in total. The second-order valence-electron chi connectivity index (χ2n) is 2.92. The van der Waals surface area contributed by atoms with Gasteiger partial charge >= 0.3 is 6.18 Å². The molecule has 0 heterocycles. The lowest BCUT2D eigenvalue weighted by molar-refractivity contribution is -0.149. The van der Waals surface area contributed by atoms with Crippen molar-refractivity contribution in [2.24, 2.45) is 11.5 Å². The number of hydrogen-bond donors (Lipinski definition) is 2. The number of hydrogen-bond acceptors (Lipinski definition) is 2. The number of nitrogens with two attached hydrogens (primary N) is 2. The number of rotatable bonds is 2. The fourth-order valence-corrected chi connectivity index (χ4v) is 1.20. The Morgan fingerprint density at radius 3 is 2.29 bits per heavy atom. The van der Waals surface area contributed by atoms with E-state index in [0.29, 0.717) is 5.56 Å². The van der Waals surface area contributed by atoms with E-state index < -0.39 is 12.2 Å². The summed E-state index contributed by atoms with van der Waals surface area (Å²) in [5.41, 5.74) is 10.8. The topological polar surface area (TPSA) is 52.0 Å². The van der Waals surface area contributed by atoms with E-state index in [-0.39, 0.29) is 12.1 Å². The Hall–Kier alpha value is -1.07. The molecule has 4 N–H and O–H groups in total. The van der Waals surface area contributed by atoms with Crippen LogP contribution in [0.2, 0.25) is 0 Å². The van der Waals surface area contributed by atoms with Crippen molar-refractivity contribution in [3.8, 4) is 0 Å². The first-order valence-electron chi connectivity index (χ1n) is 4.07. The highest BCUT2D eigenvalue weighted by Gasteiger charge is 2.38. The Labute approximate surface area is 79.7 Å². The van der Waals surface area contributed by atoms with Gasteiger partial charge in [-0.1, -0.05) is 24.3 Å². The van der Waals surface area contributed by atoms with Gasteiger partial charge < -0.3 is 11.5 Å². The van der Waals surface area contributed by atoms with E-state index in [9.17, 15) is 13.2 Å². The third-order valence-corrected chi connectivity index (χ3v) is 1.96. The van der Waals surface area contributed by atoms with E-state index in [1.54, 1.807) is 12.1 Å². The van der Waals surface area contributed by atoms with Crippen LogP contribution in [-0.4, -0.2) is 6.18 Å². The molecular formula is C9H11F3N2. The standard InChI is InChI=1S/C9H11F3N2/c10-9(11,12)8(14)7-4-2-1-3-6(7)5-13/h1-4,8H,5,13-14H2. The van der Waals surface area contributed by atoms with Gasteiger partial charge in [0.05, 0.1) is 0 Å². The van der Waals surface area contributed by atoms with Crippen molar-refractivity contribution in [3.05, 3.63) is 35.4 Å². The van der Waals surface area contributed by atoms with Crippen molar-refractivity contribution >= 4 is 0 Å². The molecule has 0 saturated carbocycles. The Bertz CT molecular complexity index is 309. The SMILES string of the molecule is NCc1ccccc1C(N)C(F)(F)F. The maximum absolute atomic E-state index is 12.3. The quantitative estimate of drug-likeness (QED) is 0.770. The van der Waals surface area contributed by atoms with Gasteiger partial charge in [0, 0.05) is 6.54 Å². The fourth-order valence-electron chi connectivity index (χ4n) is 1.20. The Balaban J connectivity index is 3.06. The van der Waals surface area contributed by atoms with Crippen molar-refractivity contribution in [3.63, 3.8) is 0 Å². The van der Waals surface area contributed by atoms with Gasteiger partial charge in [-0.15, -0.1) is 0 Å². The van der Waals surface area contributed by atoms with E-state index in [1.807, 2.05) is 0 Å². The maximum atomic E-state index is 12.3. The summed E-state index contributed by atoms with van der Waals surface area (Å²) >= 11 is 0. The minimum atomic E-state index is -4.43. The van der Waals surface area contributed by atoms with Crippen LogP contribution in [0, 0.1) is 0 Å². The van der Waals surface area contributed by atoms with Gasteiger partial charge in [-0.05, 0) is 11.1 Å². The van der Waals surface area contributed by atoms with Crippen LogP contribution in [-0.2, 0) is 6.54 Å². The van der Waals surface area contributed by atoms with Crippen LogP contribution in [0.1, 0.15) is 17.2 Å². The monoisotopic (exact) mass is 204 g/mol. The lowest BCUT2D eigenvalue weighted by Crippen LogP contribution is -2.29. The van der Waals surface area contributed by atoms with Crippen LogP contribution in [0.4, 0.5) is 13.2 Å². The summed E-state index contributed by atoms with van der Waals surface area (Å²) in [6, 6.07) is 4.08. The van der Waals surface area contributed by atoms with Crippen molar-refractivity contribution in [2.75, 3.05) is 0 Å². The smallest absolute Gasteiger partial charge is 0.326 e. The average Bonchev–Trinajstić information content (AvgIpc) is 2.15. The summed E-state index contributed by atoms with van der Waals surface area (Å²) in [5, 5.41) is 0. The molecule has 1 aromatic carbocycles. The first-order valence-corrected chi connectivity index (χ1v) is 4.07. The largest absolute Gasteiger partial charge is 0.407 e. The van der Waals surface area contributed by atoms with Gasteiger partial charge in [0.2, 0.25) is 0 Å². The van der Waals surface area contributed by atoms with Gasteiger partial charge in [0.15, 0.2) is 0 Å². The van der Waals surface area contributed by atoms with E-state index in [4.69, 9.17) is 11.5 Å². The molecule has 0 aliphatic carbocycles. The summed E-state index contributed by atoms with van der Waals surface area (Å²) in [6.45, 7) is 0.0555. The molecule has 14 heavy (non-hydrogen) atoms. The highest BCUT2D eigenvalue weighted by molar-refractivity contribution is 5.30. The third-order valence-electron chi connectivity index (χ3n) is 1.96. The van der Waals surface area contributed by atoms with Crippen LogP contribution < -0.4 is 11.5 Å². The molecular weight excluding hydrogens is 193 g/mol. The molecule has 0 radical (unpaired) electrons. The van der Waals surface area contributed by atoms with Crippen LogP contribution >= 0.6 is 0 Å². The molecule has 0 aliphatic rings. The van der Waals surface area contributed by atoms with Gasteiger partial charge in [-0.25, -0.2) is 0 Å². The minimum Gasteiger partial charge on any atom is -0.326 e. The number of halogens is 3. The zero-order valence-corrected chi connectivity index (χ0v) is 7.38. The normalized spacial score (nSPS) is 14.1. The van der Waals surface area contributed by atoms with E-state index in [2.05, 4.69) is 0 Å². The first-order chi connectivity index (χ1) is 6.46. The van der Waals surface area contributed by atoms with Crippen LogP contribution in [0.5, 0.6) is 0 Å². The molecule has 0 amide bonds. The van der Waals surface area contributed by atoms with E-state index in [1.165, 1.54) is 12.1 Å². The minimum absolute atomic E-state index is 0.0440. The summed E-state index contributed by atoms with van der Waals surface area (Å²) in [4.78, 5) is 0. The highest BCUT2D eigenvalue weighted by Crippen LogP contribution is 2.31. The van der Waals surface area contributed by atoms with E-state index in [0.717, 1.165) is 0 Å². The second-order valence-corrected chi connectivity index (χ2v) is 2.92. The molecule has 5 heteroatoms. The highest BCUT2D eigenvalue weighted by atomic mass is 19.4. The predicted molar refractivity (Wildman–Crippen MR) is 47.3 cm³/mol. The molecule has 0 fully saturated rings. The van der Waals surface area contributed by atoms with E-state index >= 15 is 0 Å². The molecule has 1 unspecified atom stereocenters. The lowest BCUT2D eigenvalue weighted by atomic mass is 10.0. The molecule has 1 rings (SSSR count). The van der Waals surface area contributed by atoms with Crippen LogP contribution in [0.25, 0.3) is 0 Å². The van der Waals surface area contributed by atoms with Crippen LogP contribution in [0.15, 0.2) is 24.3 Å². The molecule has 0 bridgehead atoms. The zero-order valence-electron chi connectivity index (χ0n) is 7.38. The summed E-state index contributed by atoms with van der Waals surface area (Å²) in [6.07, 6.45) is -4.43. The summed E-state index contributed by atoms with van der Waals surface area (Å²) < 4.78 is 36.9. The fraction of sp³-hybridized carbons (Fsp3) is 0.333. The molecule has 78 valence electrons. The molecule has 1 aromatic rings. The Morgan fingerprint density at radius 2 is 1.79 bits per heavy atom. The van der Waals surface area contributed by atoms with Gasteiger partial charge in [-0.2, -0.15) is 13.2 Å². The molecule has 0 aromatic heterocycles. The Kier molecular flexibility index (Phi) is 3.13. The molecule has 0 saturated heterocycles.